The molecular weight excluding hydrogens is 359 g/mol. The lowest BCUT2D eigenvalue weighted by atomic mass is 10.3. The van der Waals surface area contributed by atoms with Crippen molar-refractivity contribution in [3.05, 3.63) is 24.3 Å². The Morgan fingerprint density at radius 3 is 3.05 bits per heavy atom. The number of ether oxygens (including phenoxy) is 1. The van der Waals surface area contributed by atoms with Crippen molar-refractivity contribution in [3.63, 3.8) is 0 Å². The van der Waals surface area contributed by atoms with Crippen molar-refractivity contribution in [1.29, 1.82) is 0 Å². The van der Waals surface area contributed by atoms with Gasteiger partial charge in [0.25, 0.3) is 0 Å². The Balaban J connectivity index is 2.05. The van der Waals surface area contributed by atoms with Gasteiger partial charge in [0.2, 0.25) is 0 Å². The zero-order valence-corrected chi connectivity index (χ0v) is 12.5. The van der Waals surface area contributed by atoms with Crippen LogP contribution in [-0.4, -0.2) is 43.6 Å². The lowest BCUT2D eigenvalue weighted by Crippen LogP contribution is -2.36. The molecule has 1 aromatic carbocycles. The molecule has 0 bridgehead atoms. The highest BCUT2D eigenvalue weighted by atomic mass is 127. The summed E-state index contributed by atoms with van der Waals surface area (Å²) in [6, 6.07) is 7.75. The molecule has 6 nitrogen and oxygen atoms in total. The van der Waals surface area contributed by atoms with Crippen molar-refractivity contribution in [1.82, 2.24) is 19.9 Å². The molecule has 7 heteroatoms. The molecule has 3 rings (SSSR count). The number of halogens is 1. The summed E-state index contributed by atoms with van der Waals surface area (Å²) in [7, 11) is 1.40. The van der Waals surface area contributed by atoms with Gasteiger partial charge in [-0.1, -0.05) is 39.9 Å². The fourth-order valence-electron chi connectivity index (χ4n) is 2.42. The molecule has 0 spiro atoms. The number of rotatable bonds is 1. The van der Waals surface area contributed by atoms with Gasteiger partial charge in [-0.15, -0.1) is 5.10 Å². The average molecular weight is 372 g/mol. The molecule has 1 aromatic heterocycles. The molecule has 2 heterocycles. The number of likely N-dealkylation sites (tertiary alicyclic amines) is 1. The number of aromatic nitrogens is 3. The van der Waals surface area contributed by atoms with E-state index in [0.717, 1.165) is 17.5 Å². The second kappa shape index (κ2) is 4.95. The molecule has 1 amide bonds. The van der Waals surface area contributed by atoms with Crippen LogP contribution in [0.15, 0.2) is 24.3 Å². The second-order valence-electron chi connectivity index (χ2n) is 4.40. The number of hydrogen-bond donors (Lipinski definition) is 0. The highest BCUT2D eigenvalue weighted by Crippen LogP contribution is 2.34. The van der Waals surface area contributed by atoms with Gasteiger partial charge in [0, 0.05) is 6.54 Å². The molecule has 19 heavy (non-hydrogen) atoms. The van der Waals surface area contributed by atoms with Gasteiger partial charge in [0.15, 0.2) is 0 Å². The zero-order chi connectivity index (χ0) is 13.4. The maximum absolute atomic E-state index is 11.8. The Morgan fingerprint density at radius 1 is 1.47 bits per heavy atom. The van der Waals surface area contributed by atoms with Crippen LogP contribution < -0.4 is 0 Å². The van der Waals surface area contributed by atoms with Crippen molar-refractivity contribution >= 4 is 39.7 Å². The van der Waals surface area contributed by atoms with Crippen LogP contribution in [0.3, 0.4) is 0 Å². The van der Waals surface area contributed by atoms with Crippen LogP contribution in [0.4, 0.5) is 4.79 Å². The topological polar surface area (TPSA) is 60.2 Å². The Hall–Kier alpha value is -1.38. The molecule has 100 valence electrons. The summed E-state index contributed by atoms with van der Waals surface area (Å²) in [5.41, 5.74) is 1.77. The van der Waals surface area contributed by atoms with Crippen molar-refractivity contribution in [2.24, 2.45) is 0 Å². The van der Waals surface area contributed by atoms with Crippen LogP contribution in [0.5, 0.6) is 0 Å². The predicted octanol–water partition coefficient (Wildman–Crippen LogP) is 2.21. The molecule has 1 saturated heterocycles. The van der Waals surface area contributed by atoms with E-state index in [4.69, 9.17) is 4.74 Å². The fraction of sp³-hybridized carbons (Fsp3) is 0.417. The lowest BCUT2D eigenvalue weighted by Gasteiger charge is -2.25. The van der Waals surface area contributed by atoms with E-state index in [1.807, 2.05) is 28.9 Å². The van der Waals surface area contributed by atoms with E-state index in [9.17, 15) is 4.79 Å². The SMILES string of the molecule is COC(=O)N1CC[C@H](I)[C@@H]1n1nnc2ccccc21. The first kappa shape index (κ1) is 12.6. The first-order valence-electron chi connectivity index (χ1n) is 6.01. The smallest absolute Gasteiger partial charge is 0.411 e. The third kappa shape index (κ3) is 2.05. The van der Waals surface area contributed by atoms with E-state index in [1.54, 1.807) is 4.90 Å². The molecular formula is C12H13IN4O2. The van der Waals surface area contributed by atoms with Gasteiger partial charge >= 0.3 is 6.09 Å². The van der Waals surface area contributed by atoms with Crippen LogP contribution in [-0.2, 0) is 4.74 Å². The second-order valence-corrected chi connectivity index (χ2v) is 6.00. The van der Waals surface area contributed by atoms with Crippen molar-refractivity contribution in [2.75, 3.05) is 13.7 Å². The van der Waals surface area contributed by atoms with Crippen molar-refractivity contribution in [2.45, 2.75) is 16.5 Å². The fourth-order valence-corrected chi connectivity index (χ4v) is 3.39. The minimum Gasteiger partial charge on any atom is -0.453 e. The summed E-state index contributed by atoms with van der Waals surface area (Å²) in [4.78, 5) is 13.5. The number of carbonyl (C=O) groups excluding carboxylic acids is 1. The monoisotopic (exact) mass is 372 g/mol. The summed E-state index contributed by atoms with van der Waals surface area (Å²) in [5, 5.41) is 8.36. The Morgan fingerprint density at radius 2 is 2.26 bits per heavy atom. The summed E-state index contributed by atoms with van der Waals surface area (Å²) < 4.78 is 6.95. The molecule has 2 aromatic rings. The maximum Gasteiger partial charge on any atom is 0.411 e. The molecule has 0 saturated carbocycles. The third-order valence-electron chi connectivity index (χ3n) is 3.33. The number of nitrogens with zero attached hydrogens (tertiary/aromatic N) is 4. The Kier molecular flexibility index (Phi) is 3.29. The van der Waals surface area contributed by atoms with Crippen LogP contribution >= 0.6 is 22.6 Å². The number of benzene rings is 1. The molecule has 1 aliphatic heterocycles. The van der Waals surface area contributed by atoms with Gasteiger partial charge in [-0.25, -0.2) is 9.48 Å². The summed E-state index contributed by atoms with van der Waals surface area (Å²) in [5.74, 6) is 0. The van der Waals surface area contributed by atoms with Crippen LogP contribution in [0.25, 0.3) is 11.0 Å². The highest BCUT2D eigenvalue weighted by Gasteiger charge is 2.39. The average Bonchev–Trinajstić information content (AvgIpc) is 3.01. The molecule has 0 aliphatic carbocycles. The van der Waals surface area contributed by atoms with Crippen LogP contribution in [0, 0.1) is 0 Å². The van der Waals surface area contributed by atoms with Crippen molar-refractivity contribution < 1.29 is 9.53 Å². The van der Waals surface area contributed by atoms with Gasteiger partial charge in [0.1, 0.15) is 11.7 Å². The minimum absolute atomic E-state index is 0.138. The zero-order valence-electron chi connectivity index (χ0n) is 10.4. The number of carbonyl (C=O) groups is 1. The number of para-hydroxylation sites is 1. The molecule has 2 atom stereocenters. The first-order chi connectivity index (χ1) is 9.22. The van der Waals surface area contributed by atoms with E-state index in [2.05, 4.69) is 32.9 Å². The summed E-state index contributed by atoms with van der Waals surface area (Å²) in [6.45, 7) is 0.680. The van der Waals surface area contributed by atoms with E-state index < -0.39 is 0 Å². The van der Waals surface area contributed by atoms with Gasteiger partial charge in [-0.2, -0.15) is 0 Å². The molecule has 1 fully saturated rings. The largest absolute Gasteiger partial charge is 0.453 e. The molecule has 0 radical (unpaired) electrons. The Bertz CT molecular complexity index is 615. The van der Waals surface area contributed by atoms with Gasteiger partial charge in [-0.05, 0) is 18.6 Å². The van der Waals surface area contributed by atoms with E-state index in [-0.39, 0.29) is 12.3 Å². The number of methoxy groups -OCH3 is 1. The molecule has 1 aliphatic rings. The standard InChI is InChI=1S/C12H13IN4O2/c1-19-12(18)16-7-6-8(13)11(16)17-10-5-3-2-4-9(10)14-15-17/h2-5,8,11H,6-7H2,1H3/t8-,11-/m0/s1. The van der Waals surface area contributed by atoms with Crippen molar-refractivity contribution in [3.8, 4) is 0 Å². The molecule has 0 unspecified atom stereocenters. The number of fused-ring (bicyclic) bond motifs is 1. The van der Waals surface area contributed by atoms with Crippen LogP contribution in [0.1, 0.15) is 12.6 Å². The number of hydrogen-bond acceptors (Lipinski definition) is 4. The minimum atomic E-state index is -0.316. The van der Waals surface area contributed by atoms with E-state index in [0.29, 0.717) is 10.5 Å². The first-order valence-corrected chi connectivity index (χ1v) is 7.25. The number of amides is 1. The van der Waals surface area contributed by atoms with Gasteiger partial charge in [-0.3, -0.25) is 4.90 Å². The third-order valence-corrected chi connectivity index (χ3v) is 4.59. The molecule has 0 N–H and O–H groups in total. The maximum atomic E-state index is 11.8. The quantitative estimate of drug-likeness (QED) is 0.569. The highest BCUT2D eigenvalue weighted by molar-refractivity contribution is 14.1. The van der Waals surface area contributed by atoms with Gasteiger partial charge < -0.3 is 4.74 Å². The van der Waals surface area contributed by atoms with Crippen LogP contribution in [0.2, 0.25) is 0 Å². The van der Waals surface area contributed by atoms with E-state index >= 15 is 0 Å². The summed E-state index contributed by atoms with van der Waals surface area (Å²) >= 11 is 2.35. The summed E-state index contributed by atoms with van der Waals surface area (Å²) in [6.07, 6.45) is 0.471. The Labute approximate surface area is 123 Å². The normalized spacial score (nSPS) is 22.9. The number of alkyl halides is 1. The lowest BCUT2D eigenvalue weighted by molar-refractivity contribution is 0.103. The predicted molar refractivity (Wildman–Crippen MR) is 78.1 cm³/mol. The van der Waals surface area contributed by atoms with Gasteiger partial charge in [0.05, 0.1) is 16.6 Å². The van der Waals surface area contributed by atoms with E-state index in [1.165, 1.54) is 7.11 Å².